The summed E-state index contributed by atoms with van der Waals surface area (Å²) in [7, 11) is 7.04. The molecule has 2 saturated heterocycles. The van der Waals surface area contributed by atoms with Gasteiger partial charge in [0.2, 0.25) is 25.4 Å². The molecule has 99 heavy (non-hydrogen) atoms. The van der Waals surface area contributed by atoms with Gasteiger partial charge in [-0.1, -0.05) is 56.3 Å². The molecular weight excluding hydrogens is 1270 g/mol. The van der Waals surface area contributed by atoms with Crippen molar-refractivity contribution in [3.05, 3.63) is 115 Å². The van der Waals surface area contributed by atoms with Crippen LogP contribution in [-0.2, 0) is 51.4 Å². The molecular formula is C73H89N11O15. The SMILES string of the molecule is COc1c(C)cc2c(c1O)[C@@H]1C3Cc4c(O)c(C)c5c(c4[C@H](CNC(=O)[C@H](C)N)N3[C@@H](C#N)[C@H](C2)N1C)OCO5.COc1c(C)cc2c(c1O)[C@@H]1C3Cc4c(OC(C)=O)c(C)c5c(c4[C@H](CNC(=O)[C@H](C)NC[C@@H](NC(=O)OCc4ccccc4)C(C)C)N3[C@@H](C#N)[C@H](C2)N1C)OCO5. The summed E-state index contributed by atoms with van der Waals surface area (Å²) in [5.41, 5.74) is 15.8. The van der Waals surface area contributed by atoms with Gasteiger partial charge < -0.3 is 80.2 Å². The number of nitrogens with zero attached hydrogens (tertiary/aromatic N) is 6. The number of alkyl carbamates (subject to hydrolysis) is 1. The Labute approximate surface area is 576 Å². The van der Waals surface area contributed by atoms with Gasteiger partial charge in [-0.25, -0.2) is 4.79 Å². The lowest BCUT2D eigenvalue weighted by atomic mass is 9.71. The number of piperazine rings is 2. The van der Waals surface area contributed by atoms with Crippen molar-refractivity contribution in [2.45, 2.75) is 173 Å². The van der Waals surface area contributed by atoms with E-state index in [0.717, 1.165) is 38.9 Å². The van der Waals surface area contributed by atoms with Crippen LogP contribution in [0.5, 0.6) is 57.5 Å². The van der Waals surface area contributed by atoms with E-state index < -0.39 is 60.4 Å². The Bertz CT molecular complexity index is 4120. The third kappa shape index (κ3) is 12.1. The molecule has 526 valence electrons. The molecule has 3 amide bonds. The minimum atomic E-state index is -0.714. The van der Waals surface area contributed by atoms with Gasteiger partial charge in [-0.05, 0) is 115 Å². The highest BCUT2D eigenvalue weighted by Gasteiger charge is 2.59. The fraction of sp³-hybridized carbons (Fsp3) is 0.507. The number of nitriles is 2. The van der Waals surface area contributed by atoms with Crippen LogP contribution in [-0.4, -0.2) is 175 Å². The fourth-order valence-electron chi connectivity index (χ4n) is 16.8. The first kappa shape index (κ1) is 69.6. The molecule has 2 fully saturated rings. The predicted octanol–water partition coefficient (Wildman–Crippen LogP) is 6.18. The fourth-order valence-corrected chi connectivity index (χ4v) is 16.8. The van der Waals surface area contributed by atoms with Gasteiger partial charge in [0.1, 0.15) is 30.2 Å². The number of rotatable bonds is 16. The number of benzene rings is 5. The maximum Gasteiger partial charge on any atom is 0.407 e. The van der Waals surface area contributed by atoms with Crippen LogP contribution in [0.15, 0.2) is 42.5 Å². The molecule has 0 aromatic heterocycles. The Balaban J connectivity index is 0.000000202. The predicted molar refractivity (Wildman–Crippen MR) is 361 cm³/mol. The zero-order chi connectivity index (χ0) is 70.9. The number of carbonyl (C=O) groups excluding carboxylic acids is 4. The second kappa shape index (κ2) is 27.8. The van der Waals surface area contributed by atoms with Crippen molar-refractivity contribution in [2.75, 3.05) is 61.5 Å². The summed E-state index contributed by atoms with van der Waals surface area (Å²) in [5.74, 6) is 2.31. The first-order chi connectivity index (χ1) is 47.3. The van der Waals surface area contributed by atoms with Gasteiger partial charge in [-0.2, -0.15) is 10.5 Å². The molecule has 8 aliphatic rings. The summed E-state index contributed by atoms with van der Waals surface area (Å²) in [6.45, 7) is 16.7. The van der Waals surface area contributed by atoms with E-state index in [9.17, 15) is 45.0 Å². The number of amides is 3. The molecule has 0 spiro atoms. The molecule has 0 aliphatic carbocycles. The lowest BCUT2D eigenvalue weighted by molar-refractivity contribution is -0.132. The Morgan fingerprint density at radius 3 is 1.62 bits per heavy atom. The Morgan fingerprint density at radius 1 is 0.646 bits per heavy atom. The topological polar surface area (TPSA) is 337 Å². The molecule has 26 nitrogen and oxygen atoms in total. The van der Waals surface area contributed by atoms with Crippen LogP contribution in [0.3, 0.4) is 0 Å². The summed E-state index contributed by atoms with van der Waals surface area (Å²) in [6, 6.07) is 12.8. The molecule has 5 aromatic carbocycles. The average molecular weight is 1360 g/mol. The molecule has 0 saturated carbocycles. The second-order valence-electron chi connectivity index (χ2n) is 27.6. The largest absolute Gasteiger partial charge is 0.507 e. The number of fused-ring (bicyclic) bond motifs is 18. The Kier molecular flexibility index (Phi) is 19.5. The molecule has 13 rings (SSSR count). The first-order valence-electron chi connectivity index (χ1n) is 33.7. The third-order valence-corrected chi connectivity index (χ3v) is 21.5. The lowest BCUT2D eigenvalue weighted by Crippen LogP contribution is -2.69. The second-order valence-corrected chi connectivity index (χ2v) is 27.6. The van der Waals surface area contributed by atoms with E-state index in [4.69, 9.17) is 43.6 Å². The standard InChI is InChI=1S/C44H54N6O9.C29H35N5O6/c1-22(2)30(48-44(54)56-20-27-12-10-9-11-13-27)18-46-25(5)43(53)47-19-34-36-29(40(59-26(6)51)24(4)41-42(36)58-21-57-41)16-32-37-35-28(14-23(3)39(55-8)38(35)52)15-31(49(37)7)33(17-45)50(32)34;1-12-6-15-7-17-19(9-30)34-18(23(33(17)4)21(15)25(36)26(12)38-5)8-16-22(20(34)10-32-29(37)14(3)31)28-27(39-11-40-28)13(2)24(16)35/h9-14,22,25,30-34,37,46,52H,15-16,18-21H2,1-8H3,(H,47,53)(H,48,54);6,14,17-20,23,35-36H,7-8,10-11,31H2,1-5H3,(H,32,37)/t25-,30+,31-,32?,33-,34-,37-;14-,17-,18?,19-,20-,23-/m00/s1. The number of phenols is 3. The molecule has 9 N–H and O–H groups in total. The van der Waals surface area contributed by atoms with E-state index in [-0.39, 0.29) is 98.5 Å². The molecule has 0 radical (unpaired) electrons. The highest BCUT2D eigenvalue weighted by atomic mass is 16.7. The van der Waals surface area contributed by atoms with Crippen LogP contribution < -0.4 is 60.2 Å². The van der Waals surface area contributed by atoms with Gasteiger partial charge in [0, 0.05) is 101 Å². The number of nitrogens with two attached hydrogens (primary N) is 1. The number of ether oxygens (including phenoxy) is 8. The number of aromatic hydroxyl groups is 3. The average Bonchev–Trinajstić information content (AvgIpc) is 1.19. The number of esters is 1. The summed E-state index contributed by atoms with van der Waals surface area (Å²) in [4.78, 5) is 60.6. The first-order valence-corrected chi connectivity index (χ1v) is 33.7. The number of nitrogens with one attached hydrogen (secondary N) is 4. The smallest absolute Gasteiger partial charge is 0.407 e. The van der Waals surface area contributed by atoms with Crippen molar-refractivity contribution >= 4 is 23.9 Å². The van der Waals surface area contributed by atoms with Gasteiger partial charge in [0.15, 0.2) is 46.0 Å². The number of aryl methyl sites for hydroxylation is 2. The minimum absolute atomic E-state index is 0.0183. The molecule has 5 aromatic rings. The van der Waals surface area contributed by atoms with Crippen LogP contribution in [0.2, 0.25) is 0 Å². The van der Waals surface area contributed by atoms with E-state index in [1.807, 2.05) is 91.2 Å². The molecule has 8 aliphatic heterocycles. The highest BCUT2D eigenvalue weighted by molar-refractivity contribution is 5.82. The van der Waals surface area contributed by atoms with Crippen LogP contribution >= 0.6 is 0 Å². The van der Waals surface area contributed by atoms with Gasteiger partial charge in [-0.3, -0.25) is 34.0 Å². The Hall–Kier alpha value is -9.28. The summed E-state index contributed by atoms with van der Waals surface area (Å²) in [6.07, 6.45) is 1.25. The number of phenolic OH excluding ortho intramolecular Hbond substituents is 3. The van der Waals surface area contributed by atoms with Crippen molar-refractivity contribution in [1.82, 2.24) is 40.9 Å². The Morgan fingerprint density at radius 2 is 1.13 bits per heavy atom. The van der Waals surface area contributed by atoms with Crippen LogP contribution in [0.1, 0.15) is 131 Å². The summed E-state index contributed by atoms with van der Waals surface area (Å²) < 4.78 is 46.5. The highest BCUT2D eigenvalue weighted by Crippen LogP contribution is 2.61. The lowest BCUT2D eigenvalue weighted by Gasteiger charge is -2.60. The number of hydrogen-bond acceptors (Lipinski definition) is 23. The van der Waals surface area contributed by atoms with Crippen molar-refractivity contribution in [3.8, 4) is 69.6 Å². The minimum Gasteiger partial charge on any atom is -0.507 e. The number of hydrogen-bond donors (Lipinski definition) is 8. The van der Waals surface area contributed by atoms with Crippen molar-refractivity contribution < 1.29 is 72.4 Å². The number of methoxy groups -OCH3 is 2. The number of likely N-dealkylation sites (N-methyl/N-ethyl adjacent to an activating group) is 2. The van der Waals surface area contributed by atoms with E-state index >= 15 is 0 Å². The van der Waals surface area contributed by atoms with Gasteiger partial charge in [0.05, 0.1) is 62.6 Å². The maximum absolute atomic E-state index is 14.0. The normalized spacial score (nSPS) is 24.4. The maximum atomic E-state index is 14.0. The van der Waals surface area contributed by atoms with Crippen LogP contribution in [0.4, 0.5) is 4.79 Å². The number of carbonyl (C=O) groups is 4. The van der Waals surface area contributed by atoms with E-state index in [1.165, 1.54) is 14.0 Å². The van der Waals surface area contributed by atoms with Crippen molar-refractivity contribution in [2.24, 2.45) is 11.7 Å². The zero-order valence-electron chi connectivity index (χ0n) is 58.2. The third-order valence-electron chi connectivity index (χ3n) is 21.5. The van der Waals surface area contributed by atoms with Crippen molar-refractivity contribution in [3.63, 3.8) is 0 Å². The van der Waals surface area contributed by atoms with Crippen LogP contribution in [0.25, 0.3) is 0 Å². The molecule has 26 heteroatoms. The van der Waals surface area contributed by atoms with Gasteiger partial charge in [-0.15, -0.1) is 0 Å². The summed E-state index contributed by atoms with van der Waals surface area (Å²) >= 11 is 0. The quantitative estimate of drug-likeness (QED) is 0.0404. The van der Waals surface area contributed by atoms with E-state index in [1.54, 1.807) is 27.9 Å². The van der Waals surface area contributed by atoms with Gasteiger partial charge in [0.25, 0.3) is 0 Å². The van der Waals surface area contributed by atoms with Crippen LogP contribution in [0, 0.1) is 56.3 Å². The van der Waals surface area contributed by atoms with Gasteiger partial charge >= 0.3 is 12.1 Å². The summed E-state index contributed by atoms with van der Waals surface area (Å²) in [5, 5.41) is 68.7. The molecule has 4 bridgehead atoms. The zero-order valence-corrected chi connectivity index (χ0v) is 58.2. The van der Waals surface area contributed by atoms with E-state index in [0.29, 0.717) is 106 Å². The molecule has 8 heterocycles. The van der Waals surface area contributed by atoms with E-state index in [2.05, 4.69) is 53.0 Å². The monoisotopic (exact) mass is 1360 g/mol. The molecule has 13 atom stereocenters. The molecule has 2 unspecified atom stereocenters. The van der Waals surface area contributed by atoms with Crippen molar-refractivity contribution in [1.29, 1.82) is 10.5 Å².